The minimum absolute atomic E-state index is 0.139. The third-order valence-electron chi connectivity index (χ3n) is 3.86. The lowest BCUT2D eigenvalue weighted by Gasteiger charge is -2.22. The Morgan fingerprint density at radius 1 is 1.12 bits per heavy atom. The highest BCUT2D eigenvalue weighted by Gasteiger charge is 2.49. The molecule has 1 fully saturated rings. The van der Waals surface area contributed by atoms with Crippen molar-refractivity contribution in [3.05, 3.63) is 29.8 Å². The smallest absolute Gasteiger partial charge is 0.326 e. The van der Waals surface area contributed by atoms with Gasteiger partial charge in [-0.1, -0.05) is 12.1 Å². The maximum Gasteiger partial charge on any atom is 0.511 e. The zero-order valence-electron chi connectivity index (χ0n) is 13.7. The van der Waals surface area contributed by atoms with Gasteiger partial charge in [0.05, 0.1) is 0 Å². The molecule has 0 unspecified atom stereocenters. The molecular weight excluding hydrogens is 359 g/mol. The van der Waals surface area contributed by atoms with Gasteiger partial charge in [-0.15, -0.1) is 0 Å². The molecule has 140 valence electrons. The van der Waals surface area contributed by atoms with Crippen molar-refractivity contribution in [2.24, 2.45) is 0 Å². The lowest BCUT2D eigenvalue weighted by Crippen LogP contribution is -2.42. The number of hydrogen-bond acceptors (Lipinski definition) is 4. The van der Waals surface area contributed by atoms with Gasteiger partial charge in [-0.3, -0.25) is 9.69 Å². The predicted molar refractivity (Wildman–Crippen MR) is 87.2 cm³/mol. The van der Waals surface area contributed by atoms with Gasteiger partial charge in [0.1, 0.15) is 0 Å². The standard InChI is InChI=1S/C15H20F3N3O3S/c1-12(22)19-14-5-3-13(4-6-14)11-20-7-2-8-21(10-9-20)25(23,24)15(16,17)18/h3-6H,2,7-11H2,1H3,(H,19,22). The summed E-state index contributed by atoms with van der Waals surface area (Å²) in [7, 11) is -5.27. The van der Waals surface area contributed by atoms with Gasteiger partial charge in [-0.2, -0.15) is 17.5 Å². The van der Waals surface area contributed by atoms with Gasteiger partial charge in [0.15, 0.2) is 0 Å². The van der Waals surface area contributed by atoms with Crippen LogP contribution in [0.1, 0.15) is 18.9 Å². The van der Waals surface area contributed by atoms with E-state index in [-0.39, 0.29) is 25.5 Å². The Kier molecular flexibility index (Phi) is 6.07. The van der Waals surface area contributed by atoms with Crippen molar-refractivity contribution in [3.63, 3.8) is 0 Å². The van der Waals surface area contributed by atoms with Gasteiger partial charge < -0.3 is 5.32 Å². The Hall–Kier alpha value is -1.65. The normalized spacial score (nSPS) is 17.9. The lowest BCUT2D eigenvalue weighted by molar-refractivity contribution is -0.114. The van der Waals surface area contributed by atoms with Gasteiger partial charge in [-0.25, -0.2) is 8.42 Å². The molecule has 1 N–H and O–H groups in total. The molecule has 0 atom stereocenters. The summed E-state index contributed by atoms with van der Waals surface area (Å²) in [6.45, 7) is 2.32. The molecular formula is C15H20F3N3O3S. The van der Waals surface area contributed by atoms with E-state index in [1.54, 1.807) is 12.1 Å². The van der Waals surface area contributed by atoms with E-state index >= 15 is 0 Å². The second-order valence-corrected chi connectivity index (χ2v) is 7.79. The highest BCUT2D eigenvalue weighted by molar-refractivity contribution is 7.90. The first-order chi connectivity index (χ1) is 11.6. The summed E-state index contributed by atoms with van der Waals surface area (Å²) >= 11 is 0. The molecule has 1 amide bonds. The number of rotatable bonds is 4. The molecule has 1 aromatic rings. The number of amides is 1. The molecule has 0 saturated carbocycles. The third-order valence-corrected chi connectivity index (χ3v) is 5.49. The van der Waals surface area contributed by atoms with Crippen LogP contribution >= 0.6 is 0 Å². The minimum atomic E-state index is -5.27. The fourth-order valence-corrected chi connectivity index (χ4v) is 3.63. The Morgan fingerprint density at radius 2 is 1.76 bits per heavy atom. The summed E-state index contributed by atoms with van der Waals surface area (Å²) in [5, 5.41) is 2.65. The quantitative estimate of drug-likeness (QED) is 0.869. The van der Waals surface area contributed by atoms with Crippen molar-refractivity contribution < 1.29 is 26.4 Å². The summed E-state index contributed by atoms with van der Waals surface area (Å²) in [6.07, 6.45) is 0.333. The first-order valence-electron chi connectivity index (χ1n) is 7.75. The second kappa shape index (κ2) is 7.71. The van der Waals surface area contributed by atoms with Gasteiger partial charge in [0.25, 0.3) is 0 Å². The molecule has 1 aromatic carbocycles. The molecule has 0 aliphatic carbocycles. The van der Waals surface area contributed by atoms with Crippen LogP contribution in [0.3, 0.4) is 0 Å². The van der Waals surface area contributed by atoms with E-state index in [9.17, 15) is 26.4 Å². The number of benzene rings is 1. The largest absolute Gasteiger partial charge is 0.511 e. The van der Waals surface area contributed by atoms with Crippen molar-refractivity contribution in [1.29, 1.82) is 0 Å². The lowest BCUT2D eigenvalue weighted by atomic mass is 10.2. The van der Waals surface area contributed by atoms with Crippen LogP contribution in [-0.4, -0.2) is 55.2 Å². The molecule has 0 aromatic heterocycles. The zero-order chi connectivity index (χ0) is 18.7. The summed E-state index contributed by atoms with van der Waals surface area (Å²) in [4.78, 5) is 12.9. The van der Waals surface area contributed by atoms with Crippen molar-refractivity contribution in [3.8, 4) is 0 Å². The van der Waals surface area contributed by atoms with Crippen LogP contribution in [0.2, 0.25) is 0 Å². The van der Waals surface area contributed by atoms with Crippen LogP contribution in [0.25, 0.3) is 0 Å². The number of nitrogens with zero attached hydrogens (tertiary/aromatic N) is 2. The van der Waals surface area contributed by atoms with Gasteiger partial charge in [0, 0.05) is 38.8 Å². The SMILES string of the molecule is CC(=O)Nc1ccc(CN2CCCN(S(=O)(=O)C(F)(F)F)CC2)cc1. The molecule has 25 heavy (non-hydrogen) atoms. The topological polar surface area (TPSA) is 69.7 Å². The first kappa shape index (κ1) is 19.7. The number of anilines is 1. The Bertz CT molecular complexity index is 705. The van der Waals surface area contributed by atoms with Gasteiger partial charge in [-0.05, 0) is 30.7 Å². The molecule has 0 radical (unpaired) electrons. The van der Waals surface area contributed by atoms with E-state index < -0.39 is 15.5 Å². The molecule has 10 heteroatoms. The van der Waals surface area contributed by atoms with Crippen LogP contribution in [0.15, 0.2) is 24.3 Å². The van der Waals surface area contributed by atoms with Crippen molar-refractivity contribution in [2.75, 3.05) is 31.5 Å². The van der Waals surface area contributed by atoms with Crippen LogP contribution in [0, 0.1) is 0 Å². The summed E-state index contributed by atoms with van der Waals surface area (Å²) in [5.74, 6) is -0.175. The zero-order valence-corrected chi connectivity index (χ0v) is 14.5. The molecule has 0 spiro atoms. The highest BCUT2D eigenvalue weighted by atomic mass is 32.2. The van der Waals surface area contributed by atoms with Crippen LogP contribution in [-0.2, 0) is 21.4 Å². The Balaban J connectivity index is 1.96. The Labute approximate surface area is 144 Å². The first-order valence-corrected chi connectivity index (χ1v) is 9.19. The van der Waals surface area contributed by atoms with Gasteiger partial charge in [0.2, 0.25) is 5.91 Å². The van der Waals surface area contributed by atoms with E-state index in [1.807, 2.05) is 17.0 Å². The maximum absolute atomic E-state index is 12.6. The number of sulfonamides is 1. The van der Waals surface area contributed by atoms with Crippen molar-refractivity contribution in [2.45, 2.75) is 25.4 Å². The molecule has 1 aliphatic rings. The summed E-state index contributed by atoms with van der Waals surface area (Å²) in [6, 6.07) is 7.13. The maximum atomic E-state index is 12.6. The number of carbonyl (C=O) groups is 1. The fraction of sp³-hybridized carbons (Fsp3) is 0.533. The number of nitrogens with one attached hydrogen (secondary N) is 1. The highest BCUT2D eigenvalue weighted by Crippen LogP contribution is 2.27. The van der Waals surface area contributed by atoms with Crippen molar-refractivity contribution in [1.82, 2.24) is 9.21 Å². The average molecular weight is 379 g/mol. The molecule has 1 heterocycles. The van der Waals surface area contributed by atoms with E-state index in [0.717, 1.165) is 5.56 Å². The van der Waals surface area contributed by atoms with Gasteiger partial charge >= 0.3 is 15.5 Å². The third kappa shape index (κ3) is 5.16. The Morgan fingerprint density at radius 3 is 2.32 bits per heavy atom. The molecule has 6 nitrogen and oxygen atoms in total. The van der Waals surface area contributed by atoms with E-state index in [2.05, 4.69) is 5.32 Å². The molecule has 1 saturated heterocycles. The molecule has 0 bridgehead atoms. The second-order valence-electron chi connectivity index (χ2n) is 5.86. The van der Waals surface area contributed by atoms with E-state index in [1.165, 1.54) is 6.92 Å². The van der Waals surface area contributed by atoms with Crippen molar-refractivity contribution >= 4 is 21.6 Å². The summed E-state index contributed by atoms with van der Waals surface area (Å²) in [5.41, 5.74) is -3.67. The van der Waals surface area contributed by atoms with Crippen LogP contribution in [0.4, 0.5) is 18.9 Å². The number of carbonyl (C=O) groups excluding carboxylic acids is 1. The monoisotopic (exact) mass is 379 g/mol. The van der Waals surface area contributed by atoms with E-state index in [0.29, 0.717) is 29.5 Å². The number of halogens is 3. The van der Waals surface area contributed by atoms with E-state index in [4.69, 9.17) is 0 Å². The van der Waals surface area contributed by atoms with Crippen LogP contribution in [0.5, 0.6) is 0 Å². The number of hydrogen-bond donors (Lipinski definition) is 1. The summed E-state index contributed by atoms with van der Waals surface area (Å²) < 4.78 is 61.5. The number of alkyl halides is 3. The fourth-order valence-electron chi connectivity index (χ4n) is 2.65. The minimum Gasteiger partial charge on any atom is -0.326 e. The molecule has 1 aliphatic heterocycles. The average Bonchev–Trinajstić information content (AvgIpc) is 2.73. The molecule has 2 rings (SSSR count). The van der Waals surface area contributed by atoms with Crippen LogP contribution < -0.4 is 5.32 Å². The predicted octanol–water partition coefficient (Wildman–Crippen LogP) is 2.00.